The van der Waals surface area contributed by atoms with Gasteiger partial charge in [0.2, 0.25) is 5.91 Å². The SMILES string of the molecule is Cc1ccc(NS(=O)(=O)c2cc(NC(=O)CCOc3ccccc3C)ccc2C)c(C)c1. The second-order valence-corrected chi connectivity index (χ2v) is 9.47. The number of rotatable bonds is 8. The van der Waals surface area contributed by atoms with Crippen molar-refractivity contribution in [2.75, 3.05) is 16.6 Å². The molecule has 7 heteroatoms. The van der Waals surface area contributed by atoms with Crippen molar-refractivity contribution in [2.45, 2.75) is 39.0 Å². The zero-order valence-electron chi connectivity index (χ0n) is 18.7. The molecule has 0 radical (unpaired) electrons. The summed E-state index contributed by atoms with van der Waals surface area (Å²) in [4.78, 5) is 12.5. The Hall–Kier alpha value is -3.32. The van der Waals surface area contributed by atoms with Gasteiger partial charge in [0.05, 0.1) is 23.6 Å². The lowest BCUT2D eigenvalue weighted by Gasteiger charge is -2.14. The number of para-hydroxylation sites is 1. The van der Waals surface area contributed by atoms with E-state index in [1.54, 1.807) is 25.1 Å². The lowest BCUT2D eigenvalue weighted by Crippen LogP contribution is -2.18. The van der Waals surface area contributed by atoms with Crippen molar-refractivity contribution < 1.29 is 17.9 Å². The molecule has 32 heavy (non-hydrogen) atoms. The maximum absolute atomic E-state index is 13.0. The highest BCUT2D eigenvalue weighted by Crippen LogP contribution is 2.25. The fourth-order valence-electron chi connectivity index (χ4n) is 3.29. The molecule has 6 nitrogen and oxygen atoms in total. The van der Waals surface area contributed by atoms with E-state index in [0.717, 1.165) is 22.4 Å². The van der Waals surface area contributed by atoms with Crippen LogP contribution in [0, 0.1) is 27.7 Å². The molecule has 1 amide bonds. The van der Waals surface area contributed by atoms with E-state index < -0.39 is 10.0 Å². The van der Waals surface area contributed by atoms with Crippen LogP contribution < -0.4 is 14.8 Å². The van der Waals surface area contributed by atoms with Crippen LogP contribution in [0.4, 0.5) is 11.4 Å². The maximum Gasteiger partial charge on any atom is 0.262 e. The minimum atomic E-state index is -3.82. The van der Waals surface area contributed by atoms with Crippen molar-refractivity contribution in [1.82, 2.24) is 0 Å². The zero-order valence-corrected chi connectivity index (χ0v) is 19.5. The summed E-state index contributed by atoms with van der Waals surface area (Å²) in [5.41, 5.74) is 4.41. The van der Waals surface area contributed by atoms with Crippen LogP contribution in [-0.2, 0) is 14.8 Å². The second-order valence-electron chi connectivity index (χ2n) is 7.82. The normalized spacial score (nSPS) is 11.1. The lowest BCUT2D eigenvalue weighted by molar-refractivity contribution is -0.116. The summed E-state index contributed by atoms with van der Waals surface area (Å²) >= 11 is 0. The van der Waals surface area contributed by atoms with Gasteiger partial charge in [0.25, 0.3) is 10.0 Å². The standard InChI is InChI=1S/C25H28N2O4S/c1-17-9-12-22(20(4)15-17)27-32(29,30)24-16-21(11-10-19(24)3)26-25(28)13-14-31-23-8-6-5-7-18(23)2/h5-12,15-16,27H,13-14H2,1-4H3,(H,26,28). The average molecular weight is 453 g/mol. The van der Waals surface area contributed by atoms with Gasteiger partial charge < -0.3 is 10.1 Å². The minimum absolute atomic E-state index is 0.117. The number of hydrogen-bond acceptors (Lipinski definition) is 4. The van der Waals surface area contributed by atoms with Gasteiger partial charge in [-0.05, 0) is 68.7 Å². The van der Waals surface area contributed by atoms with Crippen molar-refractivity contribution in [3.05, 3.63) is 82.9 Å². The van der Waals surface area contributed by atoms with Crippen molar-refractivity contribution in [1.29, 1.82) is 0 Å². The van der Waals surface area contributed by atoms with Crippen LogP contribution in [0.5, 0.6) is 5.75 Å². The molecule has 168 valence electrons. The first-order valence-electron chi connectivity index (χ1n) is 10.3. The smallest absolute Gasteiger partial charge is 0.262 e. The molecule has 0 aromatic heterocycles. The summed E-state index contributed by atoms with van der Waals surface area (Å²) in [6.07, 6.45) is 0.144. The number of hydrogen-bond donors (Lipinski definition) is 2. The van der Waals surface area contributed by atoms with Gasteiger partial charge in [-0.1, -0.05) is 42.0 Å². The van der Waals surface area contributed by atoms with Crippen LogP contribution in [0.25, 0.3) is 0 Å². The summed E-state index contributed by atoms with van der Waals surface area (Å²) in [5, 5.41) is 2.75. The molecular formula is C25H28N2O4S. The van der Waals surface area contributed by atoms with Crippen molar-refractivity contribution >= 4 is 27.3 Å². The van der Waals surface area contributed by atoms with E-state index >= 15 is 0 Å². The Bertz CT molecular complexity index is 1240. The maximum atomic E-state index is 13.0. The van der Waals surface area contributed by atoms with Gasteiger partial charge in [-0.15, -0.1) is 0 Å². The van der Waals surface area contributed by atoms with E-state index in [4.69, 9.17) is 4.74 Å². The predicted molar refractivity (Wildman–Crippen MR) is 128 cm³/mol. The van der Waals surface area contributed by atoms with E-state index in [0.29, 0.717) is 16.9 Å². The molecule has 0 unspecified atom stereocenters. The van der Waals surface area contributed by atoms with E-state index in [1.807, 2.05) is 57.2 Å². The Morgan fingerprint density at radius 2 is 1.62 bits per heavy atom. The van der Waals surface area contributed by atoms with Crippen molar-refractivity contribution in [2.24, 2.45) is 0 Å². The van der Waals surface area contributed by atoms with Crippen LogP contribution in [0.2, 0.25) is 0 Å². The van der Waals surface area contributed by atoms with E-state index in [2.05, 4.69) is 10.0 Å². The summed E-state index contributed by atoms with van der Waals surface area (Å²) < 4.78 is 34.3. The third-order valence-electron chi connectivity index (χ3n) is 5.07. The number of sulfonamides is 1. The number of aryl methyl sites for hydroxylation is 4. The average Bonchev–Trinajstić information content (AvgIpc) is 2.73. The molecule has 0 aliphatic heterocycles. The number of carbonyl (C=O) groups excluding carboxylic acids is 1. The molecule has 3 aromatic carbocycles. The lowest BCUT2D eigenvalue weighted by atomic mass is 10.1. The highest BCUT2D eigenvalue weighted by Gasteiger charge is 2.19. The van der Waals surface area contributed by atoms with Gasteiger partial charge in [0.15, 0.2) is 0 Å². The highest BCUT2D eigenvalue weighted by atomic mass is 32.2. The fourth-order valence-corrected chi connectivity index (χ4v) is 4.69. The summed E-state index contributed by atoms with van der Waals surface area (Å²) in [6, 6.07) is 18.0. The molecule has 3 aromatic rings. The molecule has 0 heterocycles. The van der Waals surface area contributed by atoms with Crippen LogP contribution in [0.3, 0.4) is 0 Å². The number of nitrogens with one attached hydrogen (secondary N) is 2. The highest BCUT2D eigenvalue weighted by molar-refractivity contribution is 7.92. The molecule has 0 saturated carbocycles. The van der Waals surface area contributed by atoms with E-state index in [1.165, 1.54) is 6.07 Å². The van der Waals surface area contributed by atoms with Crippen LogP contribution >= 0.6 is 0 Å². The first kappa shape index (κ1) is 23.3. The van der Waals surface area contributed by atoms with Gasteiger partial charge >= 0.3 is 0 Å². The number of amides is 1. The number of ether oxygens (including phenoxy) is 1. The molecule has 2 N–H and O–H groups in total. The number of carbonyl (C=O) groups is 1. The number of anilines is 2. The van der Waals surface area contributed by atoms with Gasteiger partial charge in [0.1, 0.15) is 5.75 Å². The third kappa shape index (κ3) is 5.88. The molecule has 0 aliphatic carbocycles. The van der Waals surface area contributed by atoms with Crippen molar-refractivity contribution in [3.63, 3.8) is 0 Å². The molecule has 0 spiro atoms. The van der Waals surface area contributed by atoms with Crippen molar-refractivity contribution in [3.8, 4) is 5.75 Å². The quantitative estimate of drug-likeness (QED) is 0.496. The van der Waals surface area contributed by atoms with Crippen LogP contribution in [-0.4, -0.2) is 20.9 Å². The summed E-state index contributed by atoms with van der Waals surface area (Å²) in [6.45, 7) is 7.69. The van der Waals surface area contributed by atoms with E-state index in [-0.39, 0.29) is 23.8 Å². The largest absolute Gasteiger partial charge is 0.493 e. The first-order valence-corrected chi connectivity index (χ1v) is 11.8. The van der Waals surface area contributed by atoms with Gasteiger partial charge in [0, 0.05) is 5.69 Å². The van der Waals surface area contributed by atoms with Gasteiger partial charge in [-0.25, -0.2) is 8.42 Å². The van der Waals surface area contributed by atoms with Gasteiger partial charge in [-0.2, -0.15) is 0 Å². The molecular weight excluding hydrogens is 424 g/mol. The Kier molecular flexibility index (Phi) is 7.20. The summed E-state index contributed by atoms with van der Waals surface area (Å²) in [7, 11) is -3.82. The Balaban J connectivity index is 1.68. The van der Waals surface area contributed by atoms with Crippen LogP contribution in [0.1, 0.15) is 28.7 Å². The van der Waals surface area contributed by atoms with Crippen LogP contribution in [0.15, 0.2) is 65.6 Å². The molecule has 3 rings (SSSR count). The molecule has 0 fully saturated rings. The molecule has 0 saturated heterocycles. The fraction of sp³-hybridized carbons (Fsp3) is 0.240. The Labute approximate surface area is 189 Å². The Morgan fingerprint density at radius 3 is 2.34 bits per heavy atom. The summed E-state index contributed by atoms with van der Waals surface area (Å²) in [5.74, 6) is 0.481. The molecule has 0 atom stereocenters. The number of benzene rings is 3. The predicted octanol–water partition coefficient (Wildman–Crippen LogP) is 5.13. The molecule has 0 aliphatic rings. The van der Waals surface area contributed by atoms with Gasteiger partial charge in [-0.3, -0.25) is 9.52 Å². The molecule has 0 bridgehead atoms. The minimum Gasteiger partial charge on any atom is -0.493 e. The third-order valence-corrected chi connectivity index (χ3v) is 6.58. The zero-order chi connectivity index (χ0) is 23.3. The first-order chi connectivity index (χ1) is 15.2. The topological polar surface area (TPSA) is 84.5 Å². The monoisotopic (exact) mass is 452 g/mol. The van der Waals surface area contributed by atoms with E-state index in [9.17, 15) is 13.2 Å². The Morgan fingerprint density at radius 1 is 0.875 bits per heavy atom. The second kappa shape index (κ2) is 9.87.